The van der Waals surface area contributed by atoms with Crippen LogP contribution in [0, 0.1) is 0 Å². The summed E-state index contributed by atoms with van der Waals surface area (Å²) in [4.78, 5) is 2.10. The Morgan fingerprint density at radius 2 is 1.89 bits per heavy atom. The molecular weight excluding hydrogens is 272 g/mol. The fraction of sp³-hybridized carbons (Fsp3) is 0.500. The van der Waals surface area contributed by atoms with Gasteiger partial charge in [-0.25, -0.2) is 8.42 Å². The van der Waals surface area contributed by atoms with Gasteiger partial charge in [0, 0.05) is 30.7 Å². The molecule has 0 amide bonds. The second-order valence-corrected chi connectivity index (χ2v) is 7.17. The summed E-state index contributed by atoms with van der Waals surface area (Å²) in [5, 5.41) is 0.682. The molecule has 1 aliphatic heterocycles. The van der Waals surface area contributed by atoms with Gasteiger partial charge in [0.2, 0.25) is 0 Å². The Bertz CT molecular complexity index is 505. The minimum Gasteiger partial charge on any atom is -0.329 e. The first-order chi connectivity index (χ1) is 8.53. The van der Waals surface area contributed by atoms with E-state index < -0.39 is 9.84 Å². The number of hydrogen-bond donors (Lipinski definition) is 1. The maximum atomic E-state index is 11.4. The third kappa shape index (κ3) is 3.03. The molecule has 1 unspecified atom stereocenters. The van der Waals surface area contributed by atoms with Crippen molar-refractivity contribution in [2.24, 2.45) is 5.73 Å². The molecule has 1 aromatic rings. The number of sulfone groups is 1. The van der Waals surface area contributed by atoms with Crippen LogP contribution in [0.1, 0.15) is 11.6 Å². The van der Waals surface area contributed by atoms with E-state index in [4.69, 9.17) is 17.3 Å². The molecule has 4 nitrogen and oxygen atoms in total. The van der Waals surface area contributed by atoms with Gasteiger partial charge >= 0.3 is 0 Å². The molecular formula is C12H17ClN2O2S. The monoisotopic (exact) mass is 288 g/mol. The van der Waals surface area contributed by atoms with Gasteiger partial charge in [-0.1, -0.05) is 29.8 Å². The van der Waals surface area contributed by atoms with E-state index in [0.717, 1.165) is 5.56 Å². The van der Waals surface area contributed by atoms with Crippen LogP contribution in [0.2, 0.25) is 5.02 Å². The molecule has 1 atom stereocenters. The summed E-state index contributed by atoms with van der Waals surface area (Å²) in [6.45, 7) is 1.48. The highest BCUT2D eigenvalue weighted by Gasteiger charge is 2.28. The summed E-state index contributed by atoms with van der Waals surface area (Å²) in [5.41, 5.74) is 6.80. The molecule has 0 saturated carbocycles. The first-order valence-corrected chi connectivity index (χ1v) is 8.12. The largest absolute Gasteiger partial charge is 0.329 e. The number of halogens is 1. The molecule has 0 aliphatic carbocycles. The zero-order valence-corrected chi connectivity index (χ0v) is 11.6. The Hall–Kier alpha value is -0.620. The zero-order valence-electron chi connectivity index (χ0n) is 10.0. The standard InChI is InChI=1S/C12H17ClN2O2S/c13-11-4-2-1-3-10(11)12(9-14)15-5-7-18(16,17)8-6-15/h1-4,12H,5-9,14H2. The number of rotatable bonds is 3. The Morgan fingerprint density at radius 3 is 2.44 bits per heavy atom. The van der Waals surface area contributed by atoms with Crippen LogP contribution in [-0.4, -0.2) is 44.5 Å². The molecule has 1 saturated heterocycles. The molecule has 0 aromatic heterocycles. The first kappa shape index (κ1) is 13.8. The quantitative estimate of drug-likeness (QED) is 0.904. The second kappa shape index (κ2) is 5.57. The molecule has 1 aliphatic rings. The number of benzene rings is 1. The van der Waals surface area contributed by atoms with Crippen LogP contribution in [0.25, 0.3) is 0 Å². The van der Waals surface area contributed by atoms with Crippen LogP contribution in [-0.2, 0) is 9.84 Å². The summed E-state index contributed by atoms with van der Waals surface area (Å²) in [5.74, 6) is 0.405. The van der Waals surface area contributed by atoms with Gasteiger partial charge in [-0.05, 0) is 11.6 Å². The van der Waals surface area contributed by atoms with Gasteiger partial charge in [0.1, 0.15) is 0 Å². The van der Waals surface area contributed by atoms with Gasteiger partial charge in [0.25, 0.3) is 0 Å². The average Bonchev–Trinajstić information content (AvgIpc) is 2.34. The first-order valence-electron chi connectivity index (χ1n) is 5.92. The summed E-state index contributed by atoms with van der Waals surface area (Å²) in [7, 11) is -2.87. The molecule has 1 aromatic carbocycles. The molecule has 18 heavy (non-hydrogen) atoms. The molecule has 0 radical (unpaired) electrons. The Labute approximate surface area is 113 Å². The Balaban J connectivity index is 2.18. The van der Waals surface area contributed by atoms with Gasteiger partial charge in [0.15, 0.2) is 9.84 Å². The van der Waals surface area contributed by atoms with Crippen molar-refractivity contribution in [3.05, 3.63) is 34.9 Å². The molecule has 1 heterocycles. The van der Waals surface area contributed by atoms with Gasteiger partial charge in [-0.2, -0.15) is 0 Å². The molecule has 1 fully saturated rings. The fourth-order valence-electron chi connectivity index (χ4n) is 2.26. The van der Waals surface area contributed by atoms with Crippen molar-refractivity contribution in [3.8, 4) is 0 Å². The predicted octanol–water partition coefficient (Wildman–Crippen LogP) is 1.07. The highest BCUT2D eigenvalue weighted by molar-refractivity contribution is 7.91. The molecule has 0 bridgehead atoms. The molecule has 100 valence electrons. The van der Waals surface area contributed by atoms with Crippen LogP contribution >= 0.6 is 11.6 Å². The van der Waals surface area contributed by atoms with Crippen LogP contribution < -0.4 is 5.73 Å². The van der Waals surface area contributed by atoms with Crippen molar-refractivity contribution < 1.29 is 8.42 Å². The highest BCUT2D eigenvalue weighted by Crippen LogP contribution is 2.27. The Kier molecular flexibility index (Phi) is 4.27. The number of nitrogens with two attached hydrogens (primary N) is 1. The molecule has 6 heteroatoms. The van der Waals surface area contributed by atoms with E-state index in [2.05, 4.69) is 4.90 Å². The third-order valence-corrected chi connectivity index (χ3v) is 5.26. The van der Waals surface area contributed by atoms with Crippen molar-refractivity contribution in [2.75, 3.05) is 31.1 Å². The number of hydrogen-bond acceptors (Lipinski definition) is 4. The second-order valence-electron chi connectivity index (χ2n) is 4.46. The van der Waals surface area contributed by atoms with E-state index in [-0.39, 0.29) is 17.5 Å². The minimum atomic E-state index is -2.87. The van der Waals surface area contributed by atoms with E-state index in [9.17, 15) is 8.42 Å². The van der Waals surface area contributed by atoms with Crippen LogP contribution in [0.3, 0.4) is 0 Å². The predicted molar refractivity (Wildman–Crippen MR) is 73.5 cm³/mol. The van der Waals surface area contributed by atoms with Crippen LogP contribution in [0.15, 0.2) is 24.3 Å². The van der Waals surface area contributed by atoms with Gasteiger partial charge in [-0.15, -0.1) is 0 Å². The molecule has 2 N–H and O–H groups in total. The fourth-order valence-corrected chi connectivity index (χ4v) is 3.75. The lowest BCUT2D eigenvalue weighted by molar-refractivity contribution is 0.219. The van der Waals surface area contributed by atoms with Gasteiger partial charge < -0.3 is 5.73 Å². The van der Waals surface area contributed by atoms with Crippen molar-refractivity contribution in [1.82, 2.24) is 4.90 Å². The normalized spacial score (nSPS) is 21.7. The topological polar surface area (TPSA) is 63.4 Å². The maximum absolute atomic E-state index is 11.4. The summed E-state index contributed by atoms with van der Waals surface area (Å²) >= 11 is 6.17. The Morgan fingerprint density at radius 1 is 1.28 bits per heavy atom. The van der Waals surface area contributed by atoms with E-state index in [1.54, 1.807) is 0 Å². The van der Waals surface area contributed by atoms with Crippen LogP contribution in [0.5, 0.6) is 0 Å². The van der Waals surface area contributed by atoms with Crippen molar-refractivity contribution in [2.45, 2.75) is 6.04 Å². The summed E-state index contributed by atoms with van der Waals surface area (Å²) < 4.78 is 22.9. The van der Waals surface area contributed by atoms with E-state index in [0.29, 0.717) is 24.7 Å². The van der Waals surface area contributed by atoms with Gasteiger partial charge in [0.05, 0.1) is 11.5 Å². The van der Waals surface area contributed by atoms with E-state index in [1.165, 1.54) is 0 Å². The van der Waals surface area contributed by atoms with Crippen molar-refractivity contribution >= 4 is 21.4 Å². The summed E-state index contributed by atoms with van der Waals surface area (Å²) in [6, 6.07) is 7.57. The van der Waals surface area contributed by atoms with Crippen LogP contribution in [0.4, 0.5) is 0 Å². The summed E-state index contributed by atoms with van der Waals surface area (Å²) in [6.07, 6.45) is 0. The zero-order chi connectivity index (χ0) is 13.2. The maximum Gasteiger partial charge on any atom is 0.152 e. The van der Waals surface area contributed by atoms with E-state index in [1.807, 2.05) is 24.3 Å². The van der Waals surface area contributed by atoms with Crippen molar-refractivity contribution in [1.29, 1.82) is 0 Å². The van der Waals surface area contributed by atoms with Crippen molar-refractivity contribution in [3.63, 3.8) is 0 Å². The number of nitrogens with zero attached hydrogens (tertiary/aromatic N) is 1. The lowest BCUT2D eigenvalue weighted by Gasteiger charge is -2.34. The SMILES string of the molecule is NCC(c1ccccc1Cl)N1CCS(=O)(=O)CC1. The molecule has 0 spiro atoms. The lowest BCUT2D eigenvalue weighted by Crippen LogP contribution is -2.44. The van der Waals surface area contributed by atoms with Gasteiger partial charge in [-0.3, -0.25) is 4.90 Å². The lowest BCUT2D eigenvalue weighted by atomic mass is 10.1. The third-order valence-electron chi connectivity index (χ3n) is 3.31. The van der Waals surface area contributed by atoms with E-state index >= 15 is 0 Å². The average molecular weight is 289 g/mol. The molecule has 2 rings (SSSR count). The highest BCUT2D eigenvalue weighted by atomic mass is 35.5. The smallest absolute Gasteiger partial charge is 0.152 e. The minimum absolute atomic E-state index is 0.00537.